The van der Waals surface area contributed by atoms with Crippen LogP contribution >= 0.6 is 0 Å². The van der Waals surface area contributed by atoms with Gasteiger partial charge < -0.3 is 9.47 Å². The zero-order valence-electron chi connectivity index (χ0n) is 17.0. The van der Waals surface area contributed by atoms with Crippen molar-refractivity contribution in [2.24, 2.45) is 5.92 Å². The van der Waals surface area contributed by atoms with Crippen molar-refractivity contribution in [3.8, 4) is 22.3 Å². The second-order valence-corrected chi connectivity index (χ2v) is 7.72. The molecule has 0 N–H and O–H groups in total. The molecule has 0 aliphatic carbocycles. The van der Waals surface area contributed by atoms with Crippen LogP contribution in [0.25, 0.3) is 22.3 Å². The van der Waals surface area contributed by atoms with Gasteiger partial charge in [-0.15, -0.1) is 0 Å². The minimum absolute atomic E-state index is 0.0104. The van der Waals surface area contributed by atoms with Gasteiger partial charge in [-0.1, -0.05) is 49.7 Å². The Balaban J connectivity index is 1.51. The van der Waals surface area contributed by atoms with E-state index >= 15 is 0 Å². The van der Waals surface area contributed by atoms with E-state index in [1.807, 2.05) is 24.3 Å². The van der Waals surface area contributed by atoms with E-state index in [4.69, 9.17) is 9.47 Å². The Morgan fingerprint density at radius 1 is 0.742 bits per heavy atom. The van der Waals surface area contributed by atoms with E-state index in [0.29, 0.717) is 24.7 Å². The van der Waals surface area contributed by atoms with E-state index in [1.54, 1.807) is 6.07 Å². The molecule has 6 heteroatoms. The van der Waals surface area contributed by atoms with Crippen LogP contribution in [-0.4, -0.2) is 13.2 Å². The van der Waals surface area contributed by atoms with Crippen molar-refractivity contribution in [2.75, 3.05) is 13.2 Å². The summed E-state index contributed by atoms with van der Waals surface area (Å²) in [4.78, 5) is 0. The van der Waals surface area contributed by atoms with Crippen LogP contribution in [0, 0.1) is 29.2 Å². The molecule has 0 aromatic heterocycles. The predicted molar refractivity (Wildman–Crippen MR) is 110 cm³/mol. The van der Waals surface area contributed by atoms with E-state index in [1.165, 1.54) is 12.1 Å². The molecule has 0 radical (unpaired) electrons. The van der Waals surface area contributed by atoms with Gasteiger partial charge in [-0.25, -0.2) is 17.6 Å². The lowest BCUT2D eigenvalue weighted by atomic mass is 9.98. The average Bonchev–Trinajstić information content (AvgIpc) is 2.78. The van der Waals surface area contributed by atoms with Crippen LogP contribution in [0.3, 0.4) is 0 Å². The van der Waals surface area contributed by atoms with Gasteiger partial charge in [0.1, 0.15) is 5.82 Å². The molecular formula is C25H22F4O2. The van der Waals surface area contributed by atoms with Crippen molar-refractivity contribution in [1.29, 1.82) is 0 Å². The van der Waals surface area contributed by atoms with Crippen molar-refractivity contribution in [1.82, 2.24) is 0 Å². The Kier molecular flexibility index (Phi) is 6.39. The molecule has 4 rings (SSSR count). The van der Waals surface area contributed by atoms with Gasteiger partial charge in [0.05, 0.1) is 13.2 Å². The summed E-state index contributed by atoms with van der Waals surface area (Å²) in [6.07, 6.45) is 1.76. The Labute approximate surface area is 178 Å². The largest absolute Gasteiger partial charge is 0.348 e. The van der Waals surface area contributed by atoms with Gasteiger partial charge in [0, 0.05) is 17.0 Å². The second kappa shape index (κ2) is 9.20. The monoisotopic (exact) mass is 430 g/mol. The predicted octanol–water partition coefficient (Wildman–Crippen LogP) is 7.04. The maximum atomic E-state index is 14.7. The normalized spacial score (nSPS) is 18.9. The van der Waals surface area contributed by atoms with Gasteiger partial charge in [0.2, 0.25) is 0 Å². The highest BCUT2D eigenvalue weighted by Gasteiger charge is 2.23. The second-order valence-electron chi connectivity index (χ2n) is 7.72. The summed E-state index contributed by atoms with van der Waals surface area (Å²) in [5.41, 5.74) is 2.18. The minimum Gasteiger partial charge on any atom is -0.348 e. The summed E-state index contributed by atoms with van der Waals surface area (Å²) in [5, 5.41) is 0. The maximum Gasteiger partial charge on any atom is 0.194 e. The van der Waals surface area contributed by atoms with Crippen LogP contribution < -0.4 is 0 Å². The zero-order chi connectivity index (χ0) is 22.0. The lowest BCUT2D eigenvalue weighted by molar-refractivity contribution is -0.206. The SMILES string of the molecule is CCCC1COC(c2ccc(-c3ccc(-c4cc(F)c(F)c(F)c4)c(F)c3)cc2)OC1. The molecule has 0 bridgehead atoms. The van der Waals surface area contributed by atoms with Gasteiger partial charge in [-0.2, -0.15) is 0 Å². The topological polar surface area (TPSA) is 18.5 Å². The number of ether oxygens (including phenoxy) is 2. The Bertz CT molecular complexity index is 1030. The van der Waals surface area contributed by atoms with Crippen LogP contribution in [0.1, 0.15) is 31.6 Å². The molecule has 1 fully saturated rings. The third-order valence-corrected chi connectivity index (χ3v) is 5.44. The summed E-state index contributed by atoms with van der Waals surface area (Å²) in [7, 11) is 0. The molecule has 0 amide bonds. The van der Waals surface area contributed by atoms with Crippen LogP contribution in [0.5, 0.6) is 0 Å². The molecule has 0 unspecified atom stereocenters. The van der Waals surface area contributed by atoms with Gasteiger partial charge in [0.25, 0.3) is 0 Å². The van der Waals surface area contributed by atoms with E-state index in [0.717, 1.165) is 36.1 Å². The fraction of sp³-hybridized carbons (Fsp3) is 0.280. The molecule has 0 spiro atoms. The quantitative estimate of drug-likeness (QED) is 0.319. The summed E-state index contributed by atoms with van der Waals surface area (Å²) < 4.78 is 66.5. The Hall–Kier alpha value is -2.70. The lowest BCUT2D eigenvalue weighted by Gasteiger charge is -2.29. The highest BCUT2D eigenvalue weighted by Crippen LogP contribution is 2.32. The summed E-state index contributed by atoms with van der Waals surface area (Å²) >= 11 is 0. The highest BCUT2D eigenvalue weighted by atomic mass is 19.2. The van der Waals surface area contributed by atoms with Crippen molar-refractivity contribution in [3.05, 3.63) is 83.4 Å². The number of halogens is 4. The first-order valence-corrected chi connectivity index (χ1v) is 10.2. The van der Waals surface area contributed by atoms with Crippen molar-refractivity contribution in [3.63, 3.8) is 0 Å². The first-order chi connectivity index (χ1) is 15.0. The summed E-state index contributed by atoms with van der Waals surface area (Å²) in [6.45, 7) is 3.46. The van der Waals surface area contributed by atoms with Crippen LogP contribution in [-0.2, 0) is 9.47 Å². The molecule has 1 aliphatic rings. The molecule has 3 aromatic carbocycles. The average molecular weight is 430 g/mol. The fourth-order valence-electron chi connectivity index (χ4n) is 3.78. The lowest BCUT2D eigenvalue weighted by Crippen LogP contribution is -2.26. The van der Waals surface area contributed by atoms with Crippen LogP contribution in [0.4, 0.5) is 17.6 Å². The molecule has 162 valence electrons. The minimum atomic E-state index is -1.58. The van der Waals surface area contributed by atoms with Crippen molar-refractivity contribution >= 4 is 0 Å². The first kappa shape index (κ1) is 21.5. The molecule has 0 saturated carbocycles. The van der Waals surface area contributed by atoms with Gasteiger partial charge in [-0.05, 0) is 41.3 Å². The molecule has 1 heterocycles. The smallest absolute Gasteiger partial charge is 0.194 e. The standard InChI is InChI=1S/C25H22F4O2/c1-2-3-15-13-30-25(31-14-15)17-6-4-16(5-7-17)18-8-9-20(21(26)10-18)19-11-22(27)24(29)23(28)12-19/h4-12,15,25H,2-3,13-14H2,1H3. The number of rotatable bonds is 5. The zero-order valence-corrected chi connectivity index (χ0v) is 17.0. The van der Waals surface area contributed by atoms with Gasteiger partial charge >= 0.3 is 0 Å². The van der Waals surface area contributed by atoms with E-state index in [2.05, 4.69) is 6.92 Å². The molecule has 1 aliphatic heterocycles. The van der Waals surface area contributed by atoms with Crippen molar-refractivity contribution in [2.45, 2.75) is 26.1 Å². The summed E-state index contributed by atoms with van der Waals surface area (Å²) in [5.74, 6) is -4.53. The van der Waals surface area contributed by atoms with E-state index in [-0.39, 0.29) is 11.1 Å². The number of benzene rings is 3. The van der Waals surface area contributed by atoms with E-state index < -0.39 is 29.6 Å². The third-order valence-electron chi connectivity index (χ3n) is 5.44. The first-order valence-electron chi connectivity index (χ1n) is 10.2. The van der Waals surface area contributed by atoms with Crippen molar-refractivity contribution < 1.29 is 27.0 Å². The highest BCUT2D eigenvalue weighted by molar-refractivity contribution is 5.71. The van der Waals surface area contributed by atoms with Gasteiger partial charge in [0.15, 0.2) is 23.7 Å². The molecule has 2 nitrogen and oxygen atoms in total. The fourth-order valence-corrected chi connectivity index (χ4v) is 3.78. The van der Waals surface area contributed by atoms with Crippen LogP contribution in [0.15, 0.2) is 54.6 Å². The third kappa shape index (κ3) is 4.65. The maximum absolute atomic E-state index is 14.7. The van der Waals surface area contributed by atoms with Gasteiger partial charge in [-0.3, -0.25) is 0 Å². The van der Waals surface area contributed by atoms with E-state index in [9.17, 15) is 17.6 Å². The van der Waals surface area contributed by atoms with Crippen LogP contribution in [0.2, 0.25) is 0 Å². The molecule has 0 atom stereocenters. The molecule has 31 heavy (non-hydrogen) atoms. The molecular weight excluding hydrogens is 408 g/mol. The number of hydrogen-bond acceptors (Lipinski definition) is 2. The molecule has 3 aromatic rings. The number of hydrogen-bond donors (Lipinski definition) is 0. The molecule has 1 saturated heterocycles. The Morgan fingerprint density at radius 2 is 1.32 bits per heavy atom. The Morgan fingerprint density at radius 3 is 1.90 bits per heavy atom. The summed E-state index contributed by atoms with van der Waals surface area (Å²) in [6, 6.07) is 13.3.